The number of nitrogens with zero attached hydrogens (tertiary/aromatic N) is 1. The maximum Gasteiger partial charge on any atom is 0.251 e. The first-order valence-corrected chi connectivity index (χ1v) is 9.77. The minimum absolute atomic E-state index is 0.00318. The monoisotopic (exact) mass is 386 g/mol. The number of likely N-dealkylation sites (N-methyl/N-ethyl adjacent to an activating group) is 1. The van der Waals surface area contributed by atoms with Gasteiger partial charge in [0, 0.05) is 12.1 Å². The lowest BCUT2D eigenvalue weighted by Gasteiger charge is -2.22. The van der Waals surface area contributed by atoms with Crippen molar-refractivity contribution in [3.63, 3.8) is 0 Å². The Bertz CT molecular complexity index is 911. The molecule has 4 heteroatoms. The SMILES string of the molecule is CN(CC(=O)[C@H](Cc1ccccc1)NC(=O)c1ccccc1)Cc1ccccc1. The topological polar surface area (TPSA) is 49.4 Å². The van der Waals surface area contributed by atoms with Crippen LogP contribution in [0, 0.1) is 0 Å². The lowest BCUT2D eigenvalue weighted by molar-refractivity contribution is -0.121. The fraction of sp³-hybridized carbons (Fsp3) is 0.200. The highest BCUT2D eigenvalue weighted by atomic mass is 16.2. The van der Waals surface area contributed by atoms with Crippen molar-refractivity contribution in [3.05, 3.63) is 108 Å². The second-order valence-corrected chi connectivity index (χ2v) is 7.21. The fourth-order valence-electron chi connectivity index (χ4n) is 3.25. The van der Waals surface area contributed by atoms with Gasteiger partial charge in [0.25, 0.3) is 5.91 Å². The number of hydrogen-bond acceptors (Lipinski definition) is 3. The normalized spacial score (nSPS) is 11.8. The summed E-state index contributed by atoms with van der Waals surface area (Å²) in [5.74, 6) is -0.234. The predicted octanol–water partition coefficient (Wildman–Crippen LogP) is 3.73. The molecular formula is C25H26N2O2. The molecule has 1 N–H and O–H groups in total. The number of carbonyl (C=O) groups is 2. The molecule has 0 unspecified atom stereocenters. The maximum absolute atomic E-state index is 13.1. The molecule has 0 saturated heterocycles. The van der Waals surface area contributed by atoms with Crippen LogP contribution >= 0.6 is 0 Å². The van der Waals surface area contributed by atoms with Gasteiger partial charge in [0.05, 0.1) is 12.6 Å². The van der Waals surface area contributed by atoms with Crippen molar-refractivity contribution >= 4 is 11.7 Å². The summed E-state index contributed by atoms with van der Waals surface area (Å²) in [5, 5.41) is 2.94. The van der Waals surface area contributed by atoms with Crippen LogP contribution in [0.5, 0.6) is 0 Å². The number of rotatable bonds is 9. The lowest BCUT2D eigenvalue weighted by atomic mass is 10.0. The molecule has 29 heavy (non-hydrogen) atoms. The Hall–Kier alpha value is -3.24. The van der Waals surface area contributed by atoms with Crippen LogP contribution in [0.3, 0.4) is 0 Å². The summed E-state index contributed by atoms with van der Waals surface area (Å²) in [6, 6.07) is 28.2. The molecule has 0 aliphatic carbocycles. The first-order valence-electron chi connectivity index (χ1n) is 9.77. The molecule has 0 aliphatic heterocycles. The molecular weight excluding hydrogens is 360 g/mol. The van der Waals surface area contributed by atoms with Crippen molar-refractivity contribution in [2.24, 2.45) is 0 Å². The van der Waals surface area contributed by atoms with Crippen LogP contribution in [-0.2, 0) is 17.8 Å². The average molecular weight is 386 g/mol. The van der Waals surface area contributed by atoms with Gasteiger partial charge in [-0.1, -0.05) is 78.9 Å². The van der Waals surface area contributed by atoms with Crippen LogP contribution in [0.25, 0.3) is 0 Å². The largest absolute Gasteiger partial charge is 0.342 e. The number of ketones is 1. The van der Waals surface area contributed by atoms with E-state index in [4.69, 9.17) is 0 Å². The standard InChI is InChI=1S/C25H26N2O2/c1-27(18-21-13-7-3-8-14-21)19-24(28)23(17-20-11-5-2-6-12-20)26-25(29)22-15-9-4-10-16-22/h2-16,23H,17-19H2,1H3,(H,26,29)/t23-/m0/s1. The zero-order valence-electron chi connectivity index (χ0n) is 16.6. The number of nitrogens with one attached hydrogen (secondary N) is 1. The molecule has 0 heterocycles. The highest BCUT2D eigenvalue weighted by molar-refractivity contribution is 5.98. The third kappa shape index (κ3) is 6.40. The van der Waals surface area contributed by atoms with Crippen LogP contribution in [-0.4, -0.2) is 36.2 Å². The van der Waals surface area contributed by atoms with E-state index >= 15 is 0 Å². The molecule has 1 atom stereocenters. The maximum atomic E-state index is 13.1. The summed E-state index contributed by atoms with van der Waals surface area (Å²) in [6.07, 6.45) is 0.470. The van der Waals surface area contributed by atoms with E-state index in [2.05, 4.69) is 5.32 Å². The Morgan fingerprint density at radius 3 is 1.90 bits per heavy atom. The number of benzene rings is 3. The van der Waals surface area contributed by atoms with E-state index in [-0.39, 0.29) is 18.2 Å². The zero-order chi connectivity index (χ0) is 20.5. The first-order chi connectivity index (χ1) is 14.1. The molecule has 3 aromatic carbocycles. The van der Waals surface area contributed by atoms with Crippen LogP contribution in [0.1, 0.15) is 21.5 Å². The zero-order valence-corrected chi connectivity index (χ0v) is 16.6. The van der Waals surface area contributed by atoms with Crippen molar-refractivity contribution in [1.29, 1.82) is 0 Å². The fourth-order valence-corrected chi connectivity index (χ4v) is 3.25. The molecule has 0 spiro atoms. The van der Waals surface area contributed by atoms with Gasteiger partial charge in [0.1, 0.15) is 0 Å². The highest BCUT2D eigenvalue weighted by Crippen LogP contribution is 2.08. The first kappa shape index (κ1) is 20.5. The molecule has 0 bridgehead atoms. The summed E-state index contributed by atoms with van der Waals surface area (Å²) in [7, 11) is 1.92. The molecule has 1 amide bonds. The second-order valence-electron chi connectivity index (χ2n) is 7.21. The third-order valence-corrected chi connectivity index (χ3v) is 4.73. The molecule has 0 aromatic heterocycles. The molecule has 0 saturated carbocycles. The number of Topliss-reactive ketones (excluding diaryl/α,β-unsaturated/α-hetero) is 1. The van der Waals surface area contributed by atoms with Gasteiger partial charge in [-0.05, 0) is 36.7 Å². The number of amides is 1. The summed E-state index contributed by atoms with van der Waals surface area (Å²) in [5.41, 5.74) is 2.72. The Kier molecular flexibility index (Phi) is 7.31. The van der Waals surface area contributed by atoms with E-state index in [1.807, 2.05) is 90.8 Å². The van der Waals surface area contributed by atoms with Gasteiger partial charge in [-0.3, -0.25) is 14.5 Å². The minimum atomic E-state index is -0.580. The average Bonchev–Trinajstić information content (AvgIpc) is 2.75. The van der Waals surface area contributed by atoms with Crippen LogP contribution < -0.4 is 5.32 Å². The highest BCUT2D eigenvalue weighted by Gasteiger charge is 2.23. The molecule has 3 rings (SSSR count). The molecule has 148 valence electrons. The van der Waals surface area contributed by atoms with Crippen molar-refractivity contribution in [2.75, 3.05) is 13.6 Å². The quantitative estimate of drug-likeness (QED) is 0.610. The van der Waals surface area contributed by atoms with E-state index in [1.165, 1.54) is 0 Å². The second kappa shape index (κ2) is 10.3. The molecule has 0 radical (unpaired) electrons. The molecule has 3 aromatic rings. The Morgan fingerprint density at radius 2 is 1.31 bits per heavy atom. The summed E-state index contributed by atoms with van der Waals surface area (Å²) in [4.78, 5) is 27.7. The van der Waals surface area contributed by atoms with Crippen molar-refractivity contribution in [3.8, 4) is 0 Å². The number of hydrogen-bond donors (Lipinski definition) is 1. The summed E-state index contributed by atoms with van der Waals surface area (Å²) in [6.45, 7) is 0.943. The van der Waals surface area contributed by atoms with Gasteiger partial charge >= 0.3 is 0 Å². The Labute approximate surface area is 172 Å². The van der Waals surface area contributed by atoms with Gasteiger partial charge in [-0.2, -0.15) is 0 Å². The predicted molar refractivity (Wildman–Crippen MR) is 116 cm³/mol. The van der Waals surface area contributed by atoms with Gasteiger partial charge in [-0.25, -0.2) is 0 Å². The van der Waals surface area contributed by atoms with Crippen molar-refractivity contribution < 1.29 is 9.59 Å². The van der Waals surface area contributed by atoms with E-state index in [0.717, 1.165) is 11.1 Å². The number of carbonyl (C=O) groups excluding carboxylic acids is 2. The van der Waals surface area contributed by atoms with Gasteiger partial charge in [0.2, 0.25) is 0 Å². The van der Waals surface area contributed by atoms with Gasteiger partial charge < -0.3 is 5.32 Å². The Balaban J connectivity index is 1.69. The summed E-state index contributed by atoms with van der Waals surface area (Å²) >= 11 is 0. The third-order valence-electron chi connectivity index (χ3n) is 4.73. The Morgan fingerprint density at radius 1 is 0.793 bits per heavy atom. The minimum Gasteiger partial charge on any atom is -0.342 e. The van der Waals surface area contributed by atoms with E-state index in [0.29, 0.717) is 18.5 Å². The van der Waals surface area contributed by atoms with E-state index < -0.39 is 6.04 Å². The summed E-state index contributed by atoms with van der Waals surface area (Å²) < 4.78 is 0. The molecule has 0 aliphatic rings. The van der Waals surface area contributed by atoms with E-state index in [1.54, 1.807) is 12.1 Å². The molecule has 4 nitrogen and oxygen atoms in total. The van der Waals surface area contributed by atoms with Gasteiger partial charge in [-0.15, -0.1) is 0 Å². The van der Waals surface area contributed by atoms with E-state index in [9.17, 15) is 9.59 Å². The van der Waals surface area contributed by atoms with Crippen molar-refractivity contribution in [2.45, 2.75) is 19.0 Å². The molecule has 0 fully saturated rings. The van der Waals surface area contributed by atoms with Crippen molar-refractivity contribution in [1.82, 2.24) is 10.2 Å². The van der Waals surface area contributed by atoms with Crippen LogP contribution in [0.15, 0.2) is 91.0 Å². The van der Waals surface area contributed by atoms with Crippen LogP contribution in [0.4, 0.5) is 0 Å². The smallest absolute Gasteiger partial charge is 0.251 e. The van der Waals surface area contributed by atoms with Crippen LogP contribution in [0.2, 0.25) is 0 Å². The van der Waals surface area contributed by atoms with Gasteiger partial charge in [0.15, 0.2) is 5.78 Å². The lowest BCUT2D eigenvalue weighted by Crippen LogP contribution is -2.46.